The summed E-state index contributed by atoms with van der Waals surface area (Å²) in [5.41, 5.74) is -0.501. The number of carbonyl (C=O) groups excluding carboxylic acids is 1. The Kier molecular flexibility index (Phi) is 5.81. The minimum atomic E-state index is -4.45. The van der Waals surface area contributed by atoms with Crippen molar-refractivity contribution in [3.63, 3.8) is 0 Å². The molecule has 0 fully saturated rings. The van der Waals surface area contributed by atoms with E-state index in [1.807, 2.05) is 0 Å². The van der Waals surface area contributed by atoms with Crippen LogP contribution in [0.3, 0.4) is 0 Å². The lowest BCUT2D eigenvalue weighted by Gasteiger charge is -2.10. The fourth-order valence-electron chi connectivity index (χ4n) is 2.81. The first-order chi connectivity index (χ1) is 13.8. The summed E-state index contributed by atoms with van der Waals surface area (Å²) in [7, 11) is 0. The van der Waals surface area contributed by atoms with Gasteiger partial charge in [0.25, 0.3) is 5.56 Å². The first-order valence-electron chi connectivity index (χ1n) is 8.77. The Hall–Kier alpha value is -3.43. The zero-order valence-corrected chi connectivity index (χ0v) is 15.5. The molecule has 0 radical (unpaired) electrons. The Balaban J connectivity index is 1.79. The van der Waals surface area contributed by atoms with Crippen LogP contribution < -0.4 is 10.9 Å². The van der Waals surface area contributed by atoms with E-state index >= 15 is 0 Å². The molecule has 0 aliphatic heterocycles. The van der Waals surface area contributed by atoms with Crippen molar-refractivity contribution in [1.29, 1.82) is 0 Å². The van der Waals surface area contributed by atoms with Gasteiger partial charge in [-0.25, -0.2) is 9.67 Å². The standard InChI is InChI=1S/C19H18F3N5O2/c1-2-4-16(28)23-7-8-27-17-15(10-25-27)18(29)26(12-24-17)11-13-5-3-6-14(9-13)19(20,21)22/h2-6,9-10,12H,7-8,11H2,1H3,(H,23,28)/b4-2-. The number of fused-ring (bicyclic) bond motifs is 1. The fraction of sp³-hybridized carbons (Fsp3) is 0.263. The lowest BCUT2D eigenvalue weighted by Crippen LogP contribution is -2.26. The Morgan fingerprint density at radius 3 is 2.83 bits per heavy atom. The minimum Gasteiger partial charge on any atom is -0.351 e. The van der Waals surface area contributed by atoms with Crippen LogP contribution in [-0.2, 0) is 24.1 Å². The molecule has 152 valence electrons. The number of amides is 1. The zero-order chi connectivity index (χ0) is 21.0. The molecule has 3 aromatic rings. The molecule has 3 rings (SSSR count). The second kappa shape index (κ2) is 8.29. The van der Waals surface area contributed by atoms with Gasteiger partial charge in [-0.15, -0.1) is 0 Å². The highest BCUT2D eigenvalue weighted by molar-refractivity contribution is 5.87. The average Bonchev–Trinajstić information content (AvgIpc) is 3.08. The van der Waals surface area contributed by atoms with E-state index in [4.69, 9.17) is 0 Å². The summed E-state index contributed by atoms with van der Waals surface area (Å²) >= 11 is 0. The Morgan fingerprint density at radius 1 is 1.31 bits per heavy atom. The van der Waals surface area contributed by atoms with E-state index in [1.54, 1.807) is 13.0 Å². The molecular weight excluding hydrogens is 387 g/mol. The number of carbonyl (C=O) groups is 1. The lowest BCUT2D eigenvalue weighted by atomic mass is 10.1. The number of alkyl halides is 3. The maximum absolute atomic E-state index is 12.9. The molecule has 2 heterocycles. The van der Waals surface area contributed by atoms with Crippen molar-refractivity contribution in [2.24, 2.45) is 0 Å². The molecule has 0 unspecified atom stereocenters. The van der Waals surface area contributed by atoms with Gasteiger partial charge < -0.3 is 5.32 Å². The van der Waals surface area contributed by atoms with E-state index in [-0.39, 0.29) is 17.8 Å². The van der Waals surface area contributed by atoms with E-state index in [0.29, 0.717) is 24.3 Å². The van der Waals surface area contributed by atoms with Crippen LogP contribution in [0.1, 0.15) is 18.1 Å². The predicted octanol–water partition coefficient (Wildman–Crippen LogP) is 2.35. The van der Waals surface area contributed by atoms with Crippen LogP contribution in [0, 0.1) is 0 Å². The van der Waals surface area contributed by atoms with Gasteiger partial charge in [0.05, 0.1) is 24.8 Å². The maximum atomic E-state index is 12.9. The fourth-order valence-corrected chi connectivity index (χ4v) is 2.81. The van der Waals surface area contributed by atoms with Gasteiger partial charge in [-0.3, -0.25) is 14.2 Å². The van der Waals surface area contributed by atoms with Crippen molar-refractivity contribution < 1.29 is 18.0 Å². The van der Waals surface area contributed by atoms with E-state index in [1.165, 1.54) is 40.0 Å². The Morgan fingerprint density at radius 2 is 2.10 bits per heavy atom. The van der Waals surface area contributed by atoms with Crippen LogP contribution in [0.5, 0.6) is 0 Å². The minimum absolute atomic E-state index is 0.0454. The summed E-state index contributed by atoms with van der Waals surface area (Å²) in [5.74, 6) is -0.236. The summed E-state index contributed by atoms with van der Waals surface area (Å²) in [6, 6.07) is 4.80. The van der Waals surface area contributed by atoms with Crippen LogP contribution in [0.2, 0.25) is 0 Å². The summed E-state index contributed by atoms with van der Waals surface area (Å²) in [6.07, 6.45) is 1.20. The summed E-state index contributed by atoms with van der Waals surface area (Å²) < 4.78 is 41.3. The first-order valence-corrected chi connectivity index (χ1v) is 8.77. The van der Waals surface area contributed by atoms with E-state index in [0.717, 1.165) is 12.1 Å². The molecule has 1 N–H and O–H groups in total. The van der Waals surface area contributed by atoms with Gasteiger partial charge in [0.2, 0.25) is 5.91 Å². The van der Waals surface area contributed by atoms with Crippen molar-refractivity contribution >= 4 is 16.9 Å². The lowest BCUT2D eigenvalue weighted by molar-refractivity contribution is -0.137. The van der Waals surface area contributed by atoms with Crippen LogP contribution in [-0.4, -0.2) is 31.8 Å². The Labute approximate surface area is 163 Å². The van der Waals surface area contributed by atoms with Crippen molar-refractivity contribution in [3.8, 4) is 0 Å². The molecule has 29 heavy (non-hydrogen) atoms. The number of hydrogen-bond donors (Lipinski definition) is 1. The molecule has 0 aliphatic carbocycles. The van der Waals surface area contributed by atoms with E-state index < -0.39 is 17.3 Å². The Bertz CT molecular complexity index is 1110. The highest BCUT2D eigenvalue weighted by Crippen LogP contribution is 2.29. The van der Waals surface area contributed by atoms with E-state index in [9.17, 15) is 22.8 Å². The van der Waals surface area contributed by atoms with Crippen LogP contribution >= 0.6 is 0 Å². The number of nitrogens with zero attached hydrogens (tertiary/aromatic N) is 4. The zero-order valence-electron chi connectivity index (χ0n) is 15.5. The van der Waals surface area contributed by atoms with Gasteiger partial charge in [-0.1, -0.05) is 18.2 Å². The van der Waals surface area contributed by atoms with Crippen LogP contribution in [0.15, 0.2) is 53.7 Å². The van der Waals surface area contributed by atoms with Crippen molar-refractivity contribution in [2.45, 2.75) is 26.2 Å². The van der Waals surface area contributed by atoms with Gasteiger partial charge in [-0.2, -0.15) is 18.3 Å². The van der Waals surface area contributed by atoms with Gasteiger partial charge in [0, 0.05) is 6.54 Å². The van der Waals surface area contributed by atoms with Crippen LogP contribution in [0.25, 0.3) is 11.0 Å². The number of nitrogens with one attached hydrogen (secondary N) is 1. The van der Waals surface area contributed by atoms with Crippen LogP contribution in [0.4, 0.5) is 13.2 Å². The maximum Gasteiger partial charge on any atom is 0.416 e. The normalized spacial score (nSPS) is 12.0. The molecule has 0 saturated heterocycles. The monoisotopic (exact) mass is 405 g/mol. The second-order valence-electron chi connectivity index (χ2n) is 6.27. The third-order valence-corrected chi connectivity index (χ3v) is 4.17. The molecule has 1 amide bonds. The van der Waals surface area contributed by atoms with Crippen molar-refractivity contribution in [2.75, 3.05) is 6.54 Å². The van der Waals surface area contributed by atoms with Gasteiger partial charge >= 0.3 is 6.18 Å². The van der Waals surface area contributed by atoms with Gasteiger partial charge in [0.15, 0.2) is 5.65 Å². The average molecular weight is 405 g/mol. The highest BCUT2D eigenvalue weighted by atomic mass is 19.4. The molecule has 10 heteroatoms. The molecule has 7 nitrogen and oxygen atoms in total. The molecule has 0 spiro atoms. The van der Waals surface area contributed by atoms with Gasteiger partial charge in [-0.05, 0) is 30.7 Å². The third-order valence-electron chi connectivity index (χ3n) is 4.17. The quantitative estimate of drug-likeness (QED) is 0.639. The summed E-state index contributed by atoms with van der Waals surface area (Å²) in [6.45, 7) is 2.30. The topological polar surface area (TPSA) is 81.8 Å². The van der Waals surface area contributed by atoms with Crippen molar-refractivity contribution in [3.05, 3.63) is 70.4 Å². The first kappa shape index (κ1) is 20.3. The van der Waals surface area contributed by atoms with Crippen molar-refractivity contribution in [1.82, 2.24) is 24.6 Å². The predicted molar refractivity (Wildman–Crippen MR) is 100 cm³/mol. The molecule has 0 saturated carbocycles. The molecule has 0 atom stereocenters. The largest absolute Gasteiger partial charge is 0.416 e. The number of aromatic nitrogens is 4. The van der Waals surface area contributed by atoms with E-state index in [2.05, 4.69) is 15.4 Å². The van der Waals surface area contributed by atoms with Gasteiger partial charge in [0.1, 0.15) is 11.7 Å². The highest BCUT2D eigenvalue weighted by Gasteiger charge is 2.30. The number of hydrogen-bond acceptors (Lipinski definition) is 4. The summed E-state index contributed by atoms with van der Waals surface area (Å²) in [5, 5.41) is 7.04. The molecule has 2 aromatic heterocycles. The number of benzene rings is 1. The molecular formula is C19H18F3N5O2. The molecule has 0 aliphatic rings. The number of rotatable bonds is 6. The molecule has 0 bridgehead atoms. The second-order valence-corrected chi connectivity index (χ2v) is 6.27. The number of allylic oxidation sites excluding steroid dienone is 1. The smallest absolute Gasteiger partial charge is 0.351 e. The summed E-state index contributed by atoms with van der Waals surface area (Å²) in [4.78, 5) is 28.3. The number of halogens is 3. The molecule has 1 aromatic carbocycles. The SMILES string of the molecule is C/C=C\C(=O)NCCn1ncc2c(=O)n(Cc3cccc(C(F)(F)F)c3)cnc21. The third kappa shape index (κ3) is 4.71.